The molecule has 188 valence electrons. The van der Waals surface area contributed by atoms with Crippen LogP contribution in [0.1, 0.15) is 50.8 Å². The Balaban J connectivity index is 1.50. The van der Waals surface area contributed by atoms with E-state index < -0.39 is 0 Å². The molecule has 1 fully saturated rings. The van der Waals surface area contributed by atoms with Gasteiger partial charge in [-0.1, -0.05) is 67.6 Å². The first-order valence-corrected chi connectivity index (χ1v) is 13.7. The number of amidine groups is 1. The van der Waals surface area contributed by atoms with Crippen LogP contribution >= 0.6 is 11.8 Å². The lowest BCUT2D eigenvalue weighted by atomic mass is 9.88. The number of carbonyl (C=O) groups excluding carboxylic acids is 1. The van der Waals surface area contributed by atoms with E-state index in [4.69, 9.17) is 4.99 Å². The van der Waals surface area contributed by atoms with Crippen LogP contribution in [0.5, 0.6) is 0 Å². The molecule has 4 nitrogen and oxygen atoms in total. The van der Waals surface area contributed by atoms with Crippen molar-refractivity contribution in [2.45, 2.75) is 46.2 Å². The molecule has 2 heterocycles. The predicted octanol–water partition coefficient (Wildman–Crippen LogP) is 7.90. The quantitative estimate of drug-likeness (QED) is 0.318. The highest BCUT2D eigenvalue weighted by Crippen LogP contribution is 2.41. The van der Waals surface area contributed by atoms with Crippen LogP contribution in [0.25, 0.3) is 11.6 Å². The highest BCUT2D eigenvalue weighted by molar-refractivity contribution is 8.18. The fraction of sp³-hybridized carbons (Fsp3) is 0.250. The maximum atomic E-state index is 13.6. The SMILES string of the molecule is CCCN1c2ccc(/C=C3/SC(=Nc4ccccc4)N(Cc4ccccc4)C3=O)cc2C(C)=CC1(C)C. The standard InChI is InChI=1S/C32H33N3OS/c1-5-18-35-28-17-16-25(19-27(28)23(2)21-32(35,3)4)20-29-30(36)34(22-24-12-8-6-9-13-24)31(37-29)33-26-14-10-7-11-15-26/h6-17,19-21H,5,18,22H2,1-4H3/b29-20+,33-31?. The van der Waals surface area contributed by atoms with Crippen molar-refractivity contribution in [3.8, 4) is 0 Å². The predicted molar refractivity (Wildman–Crippen MR) is 158 cm³/mol. The molecule has 1 amide bonds. The number of fused-ring (bicyclic) bond motifs is 1. The van der Waals surface area contributed by atoms with Crippen molar-refractivity contribution in [2.75, 3.05) is 11.4 Å². The van der Waals surface area contributed by atoms with Crippen molar-refractivity contribution < 1.29 is 4.79 Å². The van der Waals surface area contributed by atoms with Gasteiger partial charge in [0.2, 0.25) is 0 Å². The van der Waals surface area contributed by atoms with Gasteiger partial charge in [-0.3, -0.25) is 9.69 Å². The van der Waals surface area contributed by atoms with Gasteiger partial charge in [0.05, 0.1) is 22.7 Å². The number of hydrogen-bond acceptors (Lipinski definition) is 4. The summed E-state index contributed by atoms with van der Waals surface area (Å²) in [7, 11) is 0. The molecule has 3 aromatic carbocycles. The first-order chi connectivity index (χ1) is 17.9. The zero-order valence-electron chi connectivity index (χ0n) is 21.9. The van der Waals surface area contributed by atoms with Gasteiger partial charge in [0.1, 0.15) is 0 Å². The summed E-state index contributed by atoms with van der Waals surface area (Å²) in [5.74, 6) is -0.0118. The van der Waals surface area contributed by atoms with Gasteiger partial charge in [0, 0.05) is 17.8 Å². The van der Waals surface area contributed by atoms with Gasteiger partial charge in [0.25, 0.3) is 5.91 Å². The van der Waals surface area contributed by atoms with Crippen LogP contribution in [0.4, 0.5) is 11.4 Å². The summed E-state index contributed by atoms with van der Waals surface area (Å²) in [4.78, 5) is 23.4. The van der Waals surface area contributed by atoms with Gasteiger partial charge in [-0.25, -0.2) is 4.99 Å². The van der Waals surface area contributed by atoms with E-state index in [0.29, 0.717) is 16.6 Å². The first-order valence-electron chi connectivity index (χ1n) is 12.9. The van der Waals surface area contributed by atoms with Gasteiger partial charge in [0.15, 0.2) is 5.17 Å². The number of nitrogens with zero attached hydrogens (tertiary/aromatic N) is 3. The molecule has 2 aliphatic heterocycles. The molecular formula is C32H33N3OS. The summed E-state index contributed by atoms with van der Waals surface area (Å²) in [6.45, 7) is 10.4. The van der Waals surface area contributed by atoms with E-state index in [9.17, 15) is 4.79 Å². The molecule has 2 aliphatic rings. The Morgan fingerprint density at radius 3 is 2.38 bits per heavy atom. The number of thioether (sulfide) groups is 1. The second kappa shape index (κ2) is 10.4. The van der Waals surface area contributed by atoms with E-state index >= 15 is 0 Å². The average molecular weight is 508 g/mol. The molecule has 0 aliphatic carbocycles. The van der Waals surface area contributed by atoms with E-state index in [-0.39, 0.29) is 11.4 Å². The van der Waals surface area contributed by atoms with Gasteiger partial charge < -0.3 is 4.90 Å². The lowest BCUT2D eigenvalue weighted by molar-refractivity contribution is -0.122. The monoisotopic (exact) mass is 507 g/mol. The van der Waals surface area contributed by atoms with Crippen molar-refractivity contribution in [3.63, 3.8) is 0 Å². The van der Waals surface area contributed by atoms with Crippen LogP contribution in [-0.4, -0.2) is 28.1 Å². The summed E-state index contributed by atoms with van der Waals surface area (Å²) >= 11 is 1.44. The second-order valence-electron chi connectivity index (χ2n) is 10.1. The van der Waals surface area contributed by atoms with Gasteiger partial charge in [-0.15, -0.1) is 0 Å². The van der Waals surface area contributed by atoms with Gasteiger partial charge in [-0.05, 0) is 86.0 Å². The highest BCUT2D eigenvalue weighted by Gasteiger charge is 2.34. The van der Waals surface area contributed by atoms with E-state index in [1.165, 1.54) is 28.6 Å². The molecule has 5 heteroatoms. The normalized spacial score (nSPS) is 18.9. The number of hydrogen-bond donors (Lipinski definition) is 0. The Morgan fingerprint density at radius 2 is 1.68 bits per heavy atom. The number of anilines is 1. The molecule has 37 heavy (non-hydrogen) atoms. The maximum Gasteiger partial charge on any atom is 0.267 e. The summed E-state index contributed by atoms with van der Waals surface area (Å²) in [5, 5.41) is 0.705. The first kappa shape index (κ1) is 25.1. The maximum absolute atomic E-state index is 13.6. The van der Waals surface area contributed by atoms with E-state index in [0.717, 1.165) is 29.8 Å². The molecule has 0 radical (unpaired) electrons. The largest absolute Gasteiger partial charge is 0.362 e. The number of allylic oxidation sites excluding steroid dienone is 1. The molecule has 0 saturated carbocycles. The summed E-state index contributed by atoms with van der Waals surface area (Å²) in [6, 6.07) is 26.5. The third-order valence-corrected chi connectivity index (χ3v) is 7.81. The number of rotatable bonds is 6. The van der Waals surface area contributed by atoms with Crippen molar-refractivity contribution in [3.05, 3.63) is 107 Å². The molecule has 0 N–H and O–H groups in total. The molecule has 0 bridgehead atoms. The molecule has 1 saturated heterocycles. The topological polar surface area (TPSA) is 35.9 Å². The van der Waals surface area contributed by atoms with Crippen LogP contribution in [0.2, 0.25) is 0 Å². The molecule has 0 unspecified atom stereocenters. The Labute approximate surface area is 224 Å². The van der Waals surface area contributed by atoms with Crippen LogP contribution in [0.15, 0.2) is 94.8 Å². The minimum Gasteiger partial charge on any atom is -0.362 e. The lowest BCUT2D eigenvalue weighted by Crippen LogP contribution is -2.45. The van der Waals surface area contributed by atoms with E-state index in [2.05, 4.69) is 56.9 Å². The van der Waals surface area contributed by atoms with Crippen LogP contribution in [0.3, 0.4) is 0 Å². The van der Waals surface area contributed by atoms with Crippen LogP contribution in [0, 0.1) is 0 Å². The van der Waals surface area contributed by atoms with Gasteiger partial charge in [-0.2, -0.15) is 0 Å². The molecule has 0 atom stereocenters. The number of carbonyl (C=O) groups is 1. The van der Waals surface area contributed by atoms with Crippen LogP contribution < -0.4 is 4.90 Å². The van der Waals surface area contributed by atoms with Crippen molar-refractivity contribution in [1.29, 1.82) is 0 Å². The Morgan fingerprint density at radius 1 is 0.973 bits per heavy atom. The Kier molecular flexibility index (Phi) is 7.07. The van der Waals surface area contributed by atoms with Crippen molar-refractivity contribution in [1.82, 2.24) is 4.90 Å². The number of para-hydroxylation sites is 1. The van der Waals surface area contributed by atoms with E-state index in [1.807, 2.05) is 66.7 Å². The average Bonchev–Trinajstić information content (AvgIpc) is 3.16. The van der Waals surface area contributed by atoms with Gasteiger partial charge >= 0.3 is 0 Å². The Bertz CT molecular complexity index is 1390. The van der Waals surface area contributed by atoms with Crippen molar-refractivity contribution in [2.24, 2.45) is 4.99 Å². The number of amides is 1. The highest BCUT2D eigenvalue weighted by atomic mass is 32.2. The molecule has 3 aromatic rings. The number of aliphatic imine (C=N–C) groups is 1. The molecule has 0 spiro atoms. The Hall–Kier alpha value is -3.57. The zero-order valence-corrected chi connectivity index (χ0v) is 22.8. The lowest BCUT2D eigenvalue weighted by Gasteiger charge is -2.43. The summed E-state index contributed by atoms with van der Waals surface area (Å²) in [5.41, 5.74) is 6.69. The second-order valence-corrected chi connectivity index (χ2v) is 11.1. The number of benzene rings is 3. The molecule has 5 rings (SSSR count). The summed E-state index contributed by atoms with van der Waals surface area (Å²) in [6.07, 6.45) is 5.45. The van der Waals surface area contributed by atoms with Crippen molar-refractivity contribution >= 4 is 45.9 Å². The smallest absolute Gasteiger partial charge is 0.267 e. The fourth-order valence-electron chi connectivity index (χ4n) is 5.08. The minimum atomic E-state index is -0.0227. The zero-order chi connectivity index (χ0) is 26.0. The summed E-state index contributed by atoms with van der Waals surface area (Å²) < 4.78 is 0. The molecular weight excluding hydrogens is 474 g/mol. The van der Waals surface area contributed by atoms with E-state index in [1.54, 1.807) is 4.90 Å². The van der Waals surface area contributed by atoms with Crippen LogP contribution in [-0.2, 0) is 11.3 Å². The third-order valence-electron chi connectivity index (χ3n) is 6.80. The molecule has 0 aromatic heterocycles. The third kappa shape index (κ3) is 5.28. The minimum absolute atomic E-state index is 0.0118. The fourth-order valence-corrected chi connectivity index (χ4v) is 6.08.